The van der Waals surface area contributed by atoms with Gasteiger partial charge in [0.1, 0.15) is 5.60 Å². The van der Waals surface area contributed by atoms with Gasteiger partial charge in [-0.15, -0.1) is 0 Å². The highest BCUT2D eigenvalue weighted by Crippen LogP contribution is 2.29. The van der Waals surface area contributed by atoms with Gasteiger partial charge in [0.15, 0.2) is 0 Å². The third-order valence-corrected chi connectivity index (χ3v) is 4.62. The second-order valence-electron chi connectivity index (χ2n) is 7.80. The zero-order chi connectivity index (χ0) is 22.8. The molecule has 0 spiro atoms. The van der Waals surface area contributed by atoms with Crippen LogP contribution in [0.25, 0.3) is 0 Å². The van der Waals surface area contributed by atoms with Crippen molar-refractivity contribution in [2.45, 2.75) is 33.3 Å². The summed E-state index contributed by atoms with van der Waals surface area (Å²) < 4.78 is 5.36. The largest absolute Gasteiger partial charge is 0.443 e. The van der Waals surface area contributed by atoms with E-state index in [-0.39, 0.29) is 16.3 Å². The minimum Gasteiger partial charge on any atom is -0.443 e. The highest BCUT2D eigenvalue weighted by atomic mass is 35.5. The molecule has 8 nitrogen and oxygen atoms in total. The summed E-state index contributed by atoms with van der Waals surface area (Å²) >= 11 is 6.09. The van der Waals surface area contributed by atoms with E-state index in [4.69, 9.17) is 16.3 Å². The van der Waals surface area contributed by atoms with Crippen LogP contribution in [0.2, 0.25) is 5.02 Å². The van der Waals surface area contributed by atoms with Crippen LogP contribution >= 0.6 is 11.6 Å². The van der Waals surface area contributed by atoms with Gasteiger partial charge in [0.2, 0.25) is 0 Å². The van der Waals surface area contributed by atoms with Gasteiger partial charge in [0, 0.05) is 37.6 Å². The van der Waals surface area contributed by atoms with Crippen LogP contribution in [-0.4, -0.2) is 36.6 Å². The van der Waals surface area contributed by atoms with E-state index >= 15 is 0 Å². The number of anilines is 2. The first-order valence-corrected chi connectivity index (χ1v) is 9.49. The number of carbonyl (C=O) groups is 2. The molecule has 9 heteroatoms. The van der Waals surface area contributed by atoms with Gasteiger partial charge in [0.05, 0.1) is 15.5 Å². The number of carbonyl (C=O) groups excluding carboxylic acids is 2. The third kappa shape index (κ3) is 5.27. The molecule has 30 heavy (non-hydrogen) atoms. The molecule has 0 saturated carbocycles. The van der Waals surface area contributed by atoms with Crippen LogP contribution in [0.15, 0.2) is 36.4 Å². The molecule has 2 aromatic rings. The molecule has 2 amide bonds. The van der Waals surface area contributed by atoms with Crippen molar-refractivity contribution in [2.75, 3.05) is 23.9 Å². The molecule has 2 rings (SSSR count). The van der Waals surface area contributed by atoms with Crippen molar-refractivity contribution in [3.05, 3.63) is 62.7 Å². The Morgan fingerprint density at radius 1 is 1.07 bits per heavy atom. The topological polar surface area (TPSA) is 93.0 Å². The molecule has 0 heterocycles. The van der Waals surface area contributed by atoms with Crippen LogP contribution in [0.1, 0.15) is 36.7 Å². The quantitative estimate of drug-likeness (QED) is 0.487. The van der Waals surface area contributed by atoms with Crippen LogP contribution in [0.5, 0.6) is 0 Å². The molecule has 0 aliphatic heterocycles. The lowest BCUT2D eigenvalue weighted by molar-refractivity contribution is -0.384. The van der Waals surface area contributed by atoms with Crippen LogP contribution in [0.3, 0.4) is 0 Å². The van der Waals surface area contributed by atoms with E-state index < -0.39 is 22.5 Å². The van der Waals surface area contributed by atoms with Gasteiger partial charge < -0.3 is 9.64 Å². The number of hydrogen-bond donors (Lipinski definition) is 0. The van der Waals surface area contributed by atoms with Crippen LogP contribution < -0.4 is 9.80 Å². The number of halogens is 1. The monoisotopic (exact) mass is 433 g/mol. The molecule has 0 unspecified atom stereocenters. The SMILES string of the molecule is Cc1cc(N(C)C(=O)OC(C)(C)C)ccc1N(C)C(=O)c1cc([N+](=O)[O-])ccc1Cl. The normalized spacial score (nSPS) is 11.0. The fourth-order valence-electron chi connectivity index (χ4n) is 2.74. The molecule has 0 N–H and O–H groups in total. The first kappa shape index (κ1) is 23.2. The number of hydrogen-bond acceptors (Lipinski definition) is 5. The maximum Gasteiger partial charge on any atom is 0.414 e. The van der Waals surface area contributed by atoms with Crippen molar-refractivity contribution in [3.63, 3.8) is 0 Å². The lowest BCUT2D eigenvalue weighted by atomic mass is 10.1. The van der Waals surface area contributed by atoms with Crippen molar-refractivity contribution in [1.82, 2.24) is 0 Å². The van der Waals surface area contributed by atoms with Gasteiger partial charge in [-0.25, -0.2) is 4.79 Å². The van der Waals surface area contributed by atoms with Crippen molar-refractivity contribution >= 4 is 40.7 Å². The zero-order valence-corrected chi connectivity index (χ0v) is 18.5. The minimum atomic E-state index is -0.621. The Labute approximate surface area is 180 Å². The molecule has 0 aliphatic carbocycles. The number of non-ortho nitro benzene ring substituents is 1. The average molecular weight is 434 g/mol. The number of nitrogens with zero attached hydrogens (tertiary/aromatic N) is 3. The number of aryl methyl sites for hydroxylation is 1. The summed E-state index contributed by atoms with van der Waals surface area (Å²) in [5.74, 6) is -0.486. The fourth-order valence-corrected chi connectivity index (χ4v) is 2.94. The standard InChI is InChI=1S/C21H24ClN3O5/c1-13-11-14(23(5)20(27)30-21(2,3)4)8-10-18(13)24(6)19(26)16-12-15(25(28)29)7-9-17(16)22/h7-12H,1-6H3. The third-order valence-electron chi connectivity index (χ3n) is 4.29. The highest BCUT2D eigenvalue weighted by molar-refractivity contribution is 6.34. The summed E-state index contributed by atoms with van der Waals surface area (Å²) in [6.45, 7) is 7.15. The first-order valence-electron chi connectivity index (χ1n) is 9.11. The van der Waals surface area contributed by atoms with Gasteiger partial charge in [-0.05, 0) is 57.5 Å². The van der Waals surface area contributed by atoms with E-state index in [1.165, 1.54) is 21.9 Å². The van der Waals surface area contributed by atoms with Gasteiger partial charge in [0.25, 0.3) is 11.6 Å². The van der Waals surface area contributed by atoms with Crippen molar-refractivity contribution in [2.24, 2.45) is 0 Å². The molecule has 0 bridgehead atoms. The predicted molar refractivity (Wildman–Crippen MR) is 117 cm³/mol. The van der Waals surface area contributed by atoms with Crippen LogP contribution in [0.4, 0.5) is 21.9 Å². The lowest BCUT2D eigenvalue weighted by Gasteiger charge is -2.26. The molecule has 2 aromatic carbocycles. The average Bonchev–Trinajstić information content (AvgIpc) is 2.65. The Kier molecular flexibility index (Phi) is 6.72. The van der Waals surface area contributed by atoms with Crippen molar-refractivity contribution in [3.8, 4) is 0 Å². The van der Waals surface area contributed by atoms with E-state index in [1.807, 2.05) is 0 Å². The number of amides is 2. The Hall–Kier alpha value is -3.13. The molecular formula is C21H24ClN3O5. The smallest absolute Gasteiger partial charge is 0.414 e. The Morgan fingerprint density at radius 3 is 2.23 bits per heavy atom. The number of ether oxygens (including phenoxy) is 1. The van der Waals surface area contributed by atoms with Crippen molar-refractivity contribution in [1.29, 1.82) is 0 Å². The molecule has 0 aliphatic rings. The number of nitro groups is 1. The number of rotatable bonds is 4. The Balaban J connectivity index is 2.30. The molecule has 0 fully saturated rings. The number of benzene rings is 2. The van der Waals surface area contributed by atoms with Gasteiger partial charge in [-0.2, -0.15) is 0 Å². The van der Waals surface area contributed by atoms with Crippen LogP contribution in [0, 0.1) is 17.0 Å². The molecule has 0 saturated heterocycles. The van der Waals surface area contributed by atoms with Gasteiger partial charge >= 0.3 is 6.09 Å². The van der Waals surface area contributed by atoms with E-state index in [2.05, 4.69) is 0 Å². The van der Waals surface area contributed by atoms with E-state index in [1.54, 1.807) is 60.0 Å². The van der Waals surface area contributed by atoms with E-state index in [9.17, 15) is 19.7 Å². The highest BCUT2D eigenvalue weighted by Gasteiger charge is 2.23. The van der Waals surface area contributed by atoms with E-state index in [0.717, 1.165) is 11.6 Å². The molecule has 0 radical (unpaired) electrons. The summed E-state index contributed by atoms with van der Waals surface area (Å²) in [4.78, 5) is 38.4. The van der Waals surface area contributed by atoms with Gasteiger partial charge in [-0.3, -0.25) is 19.8 Å². The second kappa shape index (κ2) is 8.71. The lowest BCUT2D eigenvalue weighted by Crippen LogP contribution is -2.34. The molecule has 0 aromatic heterocycles. The van der Waals surface area contributed by atoms with E-state index in [0.29, 0.717) is 11.4 Å². The van der Waals surface area contributed by atoms with Crippen molar-refractivity contribution < 1.29 is 19.2 Å². The summed E-state index contributed by atoms with van der Waals surface area (Å²) in [6, 6.07) is 8.84. The maximum atomic E-state index is 12.9. The van der Waals surface area contributed by atoms with Gasteiger partial charge in [-0.1, -0.05) is 11.6 Å². The Bertz CT molecular complexity index is 1000. The zero-order valence-electron chi connectivity index (χ0n) is 17.7. The minimum absolute atomic E-state index is 0.0303. The Morgan fingerprint density at radius 2 is 1.70 bits per heavy atom. The number of nitro benzene ring substituents is 1. The molecular weight excluding hydrogens is 410 g/mol. The predicted octanol–water partition coefficient (Wildman–Crippen LogP) is 5.20. The first-order chi connectivity index (χ1) is 13.8. The second-order valence-corrected chi connectivity index (χ2v) is 8.20. The molecule has 160 valence electrons. The fraction of sp³-hybridized carbons (Fsp3) is 0.333. The summed E-state index contributed by atoms with van der Waals surface area (Å²) in [6.07, 6.45) is -0.498. The summed E-state index contributed by atoms with van der Waals surface area (Å²) in [7, 11) is 3.15. The van der Waals surface area contributed by atoms with Crippen LogP contribution in [-0.2, 0) is 4.74 Å². The maximum absolute atomic E-state index is 12.9. The summed E-state index contributed by atoms with van der Waals surface area (Å²) in [5, 5.41) is 11.1. The molecule has 0 atom stereocenters. The summed E-state index contributed by atoms with van der Waals surface area (Å²) in [5.41, 5.74) is 1.08.